The lowest BCUT2D eigenvalue weighted by Crippen LogP contribution is -2.17. The van der Waals surface area contributed by atoms with E-state index < -0.39 is 0 Å². The van der Waals surface area contributed by atoms with Crippen LogP contribution in [0.2, 0.25) is 0 Å². The van der Waals surface area contributed by atoms with Crippen LogP contribution in [0, 0.1) is 11.7 Å². The summed E-state index contributed by atoms with van der Waals surface area (Å²) in [6.07, 6.45) is 3.72. The third-order valence-electron chi connectivity index (χ3n) is 4.73. The number of rotatable bonds is 11. The maximum absolute atomic E-state index is 13.0. The van der Waals surface area contributed by atoms with E-state index in [1.165, 1.54) is 30.5 Å². The summed E-state index contributed by atoms with van der Waals surface area (Å²) in [6.45, 7) is 10.4. The van der Waals surface area contributed by atoms with Gasteiger partial charge in [-0.15, -0.1) is 0 Å². The second kappa shape index (κ2) is 11.1. The normalized spacial score (nSPS) is 12.6. The lowest BCUT2D eigenvalue weighted by molar-refractivity contribution is 0.242. The van der Waals surface area contributed by atoms with E-state index in [2.05, 4.69) is 43.4 Å². The molecule has 2 nitrogen and oxygen atoms in total. The van der Waals surface area contributed by atoms with Crippen molar-refractivity contribution >= 4 is 0 Å². The molecular formula is C24H34FNO. The minimum absolute atomic E-state index is 0.183. The summed E-state index contributed by atoms with van der Waals surface area (Å²) in [4.78, 5) is 0. The van der Waals surface area contributed by atoms with Gasteiger partial charge in [-0.2, -0.15) is 0 Å². The average Bonchev–Trinajstić information content (AvgIpc) is 2.63. The second-order valence-corrected chi connectivity index (χ2v) is 8.00. The predicted octanol–water partition coefficient (Wildman–Crippen LogP) is 6.31. The number of halogens is 1. The van der Waals surface area contributed by atoms with Gasteiger partial charge in [0, 0.05) is 6.54 Å². The lowest BCUT2D eigenvalue weighted by atomic mass is 9.88. The van der Waals surface area contributed by atoms with E-state index in [9.17, 15) is 4.39 Å². The minimum atomic E-state index is -0.183. The zero-order valence-corrected chi connectivity index (χ0v) is 17.2. The lowest BCUT2D eigenvalue weighted by Gasteiger charge is -2.20. The highest BCUT2D eigenvalue weighted by Gasteiger charge is 2.13. The molecule has 0 aromatic heterocycles. The number of ether oxygens (including phenoxy) is 1. The summed E-state index contributed by atoms with van der Waals surface area (Å²) in [5.74, 6) is 2.01. The van der Waals surface area contributed by atoms with E-state index in [1.807, 2.05) is 26.0 Å². The van der Waals surface area contributed by atoms with Crippen molar-refractivity contribution in [3.05, 3.63) is 65.5 Å². The first-order chi connectivity index (χ1) is 12.9. The van der Waals surface area contributed by atoms with Crippen molar-refractivity contribution in [2.24, 2.45) is 5.92 Å². The Balaban J connectivity index is 1.89. The van der Waals surface area contributed by atoms with Crippen molar-refractivity contribution in [2.45, 2.75) is 65.5 Å². The van der Waals surface area contributed by atoms with Gasteiger partial charge in [0.1, 0.15) is 11.6 Å². The van der Waals surface area contributed by atoms with Crippen LogP contribution in [0.5, 0.6) is 5.75 Å². The molecule has 2 aromatic carbocycles. The topological polar surface area (TPSA) is 21.3 Å². The number of hydrogen-bond acceptors (Lipinski definition) is 2. The third-order valence-corrected chi connectivity index (χ3v) is 4.73. The Bertz CT molecular complexity index is 649. The highest BCUT2D eigenvalue weighted by atomic mass is 19.1. The maximum Gasteiger partial charge on any atom is 0.123 e. The Labute approximate surface area is 164 Å². The Morgan fingerprint density at radius 2 is 1.52 bits per heavy atom. The van der Waals surface area contributed by atoms with Crippen molar-refractivity contribution in [1.82, 2.24) is 5.32 Å². The van der Waals surface area contributed by atoms with Gasteiger partial charge in [0.05, 0.1) is 6.10 Å². The summed E-state index contributed by atoms with van der Waals surface area (Å²) in [5, 5.41) is 3.50. The van der Waals surface area contributed by atoms with Crippen molar-refractivity contribution in [1.29, 1.82) is 0 Å². The summed E-state index contributed by atoms with van der Waals surface area (Å²) < 4.78 is 18.8. The van der Waals surface area contributed by atoms with Crippen LogP contribution in [-0.2, 0) is 6.54 Å². The second-order valence-electron chi connectivity index (χ2n) is 8.00. The van der Waals surface area contributed by atoms with Gasteiger partial charge in [-0.3, -0.25) is 0 Å². The molecule has 2 aromatic rings. The van der Waals surface area contributed by atoms with Gasteiger partial charge in [-0.05, 0) is 80.5 Å². The van der Waals surface area contributed by atoms with Crippen LogP contribution < -0.4 is 10.1 Å². The maximum atomic E-state index is 13.0. The van der Waals surface area contributed by atoms with Gasteiger partial charge in [-0.25, -0.2) is 4.39 Å². The molecule has 0 saturated carbocycles. The van der Waals surface area contributed by atoms with E-state index in [4.69, 9.17) is 4.74 Å². The summed E-state index contributed by atoms with van der Waals surface area (Å²) >= 11 is 0. The minimum Gasteiger partial charge on any atom is -0.491 e. The molecule has 2 rings (SSSR count). The van der Waals surface area contributed by atoms with Crippen LogP contribution in [0.25, 0.3) is 0 Å². The Morgan fingerprint density at radius 3 is 2.11 bits per heavy atom. The molecular weight excluding hydrogens is 337 g/mol. The van der Waals surface area contributed by atoms with Gasteiger partial charge in [-0.1, -0.05) is 44.5 Å². The molecule has 0 amide bonds. The molecule has 0 heterocycles. The summed E-state index contributed by atoms with van der Waals surface area (Å²) in [7, 11) is 0. The van der Waals surface area contributed by atoms with E-state index in [0.717, 1.165) is 30.8 Å². The van der Waals surface area contributed by atoms with Crippen LogP contribution in [0.3, 0.4) is 0 Å². The third kappa shape index (κ3) is 8.13. The van der Waals surface area contributed by atoms with Gasteiger partial charge >= 0.3 is 0 Å². The quantitative estimate of drug-likeness (QED) is 0.467. The fraction of sp³-hybridized carbons (Fsp3) is 0.500. The van der Waals surface area contributed by atoms with Crippen molar-refractivity contribution in [2.75, 3.05) is 6.54 Å². The van der Waals surface area contributed by atoms with Gasteiger partial charge in [0.15, 0.2) is 0 Å². The zero-order valence-electron chi connectivity index (χ0n) is 17.2. The fourth-order valence-electron chi connectivity index (χ4n) is 3.21. The molecule has 1 atom stereocenters. The molecule has 0 unspecified atom stereocenters. The Kier molecular flexibility index (Phi) is 8.80. The van der Waals surface area contributed by atoms with E-state index >= 15 is 0 Å². The van der Waals surface area contributed by atoms with Gasteiger partial charge < -0.3 is 10.1 Å². The SMILES string of the molecule is CC(C)CC[C@H](CCNCc1ccc(F)cc1)c1ccc(OC(C)C)cc1. The molecule has 0 aliphatic heterocycles. The smallest absolute Gasteiger partial charge is 0.123 e. The molecule has 1 N–H and O–H groups in total. The molecule has 0 spiro atoms. The van der Waals surface area contributed by atoms with E-state index in [0.29, 0.717) is 11.8 Å². The predicted molar refractivity (Wildman–Crippen MR) is 112 cm³/mol. The largest absolute Gasteiger partial charge is 0.491 e. The first-order valence-corrected chi connectivity index (χ1v) is 10.2. The van der Waals surface area contributed by atoms with Crippen LogP contribution in [0.4, 0.5) is 4.39 Å². The molecule has 148 valence electrons. The molecule has 0 fully saturated rings. The number of hydrogen-bond donors (Lipinski definition) is 1. The highest BCUT2D eigenvalue weighted by Crippen LogP contribution is 2.28. The van der Waals surface area contributed by atoms with Crippen molar-refractivity contribution in [3.8, 4) is 5.75 Å². The number of benzene rings is 2. The number of nitrogens with one attached hydrogen (secondary N) is 1. The van der Waals surface area contributed by atoms with E-state index in [1.54, 1.807) is 0 Å². The first-order valence-electron chi connectivity index (χ1n) is 10.2. The monoisotopic (exact) mass is 371 g/mol. The Morgan fingerprint density at radius 1 is 0.852 bits per heavy atom. The van der Waals surface area contributed by atoms with E-state index in [-0.39, 0.29) is 11.9 Å². The molecule has 0 aliphatic rings. The highest BCUT2D eigenvalue weighted by molar-refractivity contribution is 5.29. The van der Waals surface area contributed by atoms with Crippen LogP contribution in [0.1, 0.15) is 64.0 Å². The first kappa shape index (κ1) is 21.4. The van der Waals surface area contributed by atoms with Crippen molar-refractivity contribution < 1.29 is 9.13 Å². The summed E-state index contributed by atoms with van der Waals surface area (Å²) in [5.41, 5.74) is 2.50. The van der Waals surface area contributed by atoms with Gasteiger partial charge in [0.25, 0.3) is 0 Å². The fourth-order valence-corrected chi connectivity index (χ4v) is 3.21. The van der Waals surface area contributed by atoms with Crippen molar-refractivity contribution in [3.63, 3.8) is 0 Å². The standard InChI is InChI=1S/C24H34FNO/c1-18(2)5-8-22(21-9-13-24(14-10-21)27-19(3)4)15-16-26-17-20-6-11-23(25)12-7-20/h6-7,9-14,18-19,22,26H,5,8,15-17H2,1-4H3/t22-/m1/s1. The average molecular weight is 372 g/mol. The van der Waals surface area contributed by atoms with Crippen LogP contribution in [-0.4, -0.2) is 12.6 Å². The summed E-state index contributed by atoms with van der Waals surface area (Å²) in [6, 6.07) is 15.3. The Hall–Kier alpha value is -1.87. The molecule has 27 heavy (non-hydrogen) atoms. The molecule has 0 radical (unpaired) electrons. The molecule has 0 saturated heterocycles. The molecule has 3 heteroatoms. The van der Waals surface area contributed by atoms with Crippen LogP contribution in [0.15, 0.2) is 48.5 Å². The zero-order chi connectivity index (χ0) is 19.6. The van der Waals surface area contributed by atoms with Gasteiger partial charge in [0.2, 0.25) is 0 Å². The molecule has 0 aliphatic carbocycles. The van der Waals surface area contributed by atoms with Crippen LogP contribution >= 0.6 is 0 Å². The molecule has 0 bridgehead atoms.